The highest BCUT2D eigenvalue weighted by atomic mass is 19.4. The van der Waals surface area contributed by atoms with Crippen LogP contribution in [-0.2, 0) is 10.9 Å². The number of alkyl halides is 3. The van der Waals surface area contributed by atoms with E-state index in [-0.39, 0.29) is 5.56 Å². The van der Waals surface area contributed by atoms with Gasteiger partial charge in [0.05, 0.1) is 18.9 Å². The zero-order chi connectivity index (χ0) is 27.6. The van der Waals surface area contributed by atoms with E-state index in [0.717, 1.165) is 51.7 Å². The molecular weight excluding hydrogens is 507 g/mol. The lowest BCUT2D eigenvalue weighted by molar-refractivity contribution is -0.141. The SMILES string of the molecule is Cc1cc(-c2cc(-c3cc(NC(=O)c4ccnc(C(F)(F)F)c4)ccc3C)cc(N3CCOCC3)n2)ccn1. The molecule has 0 atom stereocenters. The van der Waals surface area contributed by atoms with Crippen molar-refractivity contribution in [3.8, 4) is 22.4 Å². The fraction of sp³-hybridized carbons (Fsp3) is 0.241. The minimum atomic E-state index is -4.64. The number of aromatic nitrogens is 3. The number of halogens is 3. The lowest BCUT2D eigenvalue weighted by Crippen LogP contribution is -2.36. The van der Waals surface area contributed by atoms with Crippen molar-refractivity contribution in [1.82, 2.24) is 15.0 Å². The van der Waals surface area contributed by atoms with Gasteiger partial charge >= 0.3 is 6.18 Å². The number of hydrogen-bond acceptors (Lipinski definition) is 6. The zero-order valence-electron chi connectivity index (χ0n) is 21.4. The second kappa shape index (κ2) is 10.8. The first-order valence-corrected chi connectivity index (χ1v) is 12.4. The fourth-order valence-electron chi connectivity index (χ4n) is 4.42. The van der Waals surface area contributed by atoms with Crippen LogP contribution in [0.2, 0.25) is 0 Å². The van der Waals surface area contributed by atoms with Gasteiger partial charge in [-0.1, -0.05) is 6.07 Å². The molecule has 7 nitrogen and oxygen atoms in total. The van der Waals surface area contributed by atoms with Gasteiger partial charge in [-0.25, -0.2) is 4.98 Å². The number of benzene rings is 1. The molecule has 39 heavy (non-hydrogen) atoms. The van der Waals surface area contributed by atoms with Gasteiger partial charge in [-0.3, -0.25) is 14.8 Å². The van der Waals surface area contributed by atoms with Crippen LogP contribution >= 0.6 is 0 Å². The molecular formula is C29H26F3N5O2. The molecule has 4 aromatic rings. The first-order chi connectivity index (χ1) is 18.7. The molecule has 1 fully saturated rings. The predicted octanol–water partition coefficient (Wildman–Crippen LogP) is 5.93. The topological polar surface area (TPSA) is 80.2 Å². The number of pyridine rings is 3. The van der Waals surface area contributed by atoms with E-state index >= 15 is 0 Å². The quantitative estimate of drug-likeness (QED) is 0.343. The second-order valence-corrected chi connectivity index (χ2v) is 9.30. The molecule has 10 heteroatoms. The molecule has 1 aliphatic heterocycles. The number of carbonyl (C=O) groups is 1. The Kier molecular flexibility index (Phi) is 7.30. The highest BCUT2D eigenvalue weighted by Gasteiger charge is 2.33. The van der Waals surface area contributed by atoms with Crippen LogP contribution in [0.3, 0.4) is 0 Å². The summed E-state index contributed by atoms with van der Waals surface area (Å²) in [5.41, 5.74) is 4.51. The number of nitrogens with one attached hydrogen (secondary N) is 1. The van der Waals surface area contributed by atoms with Crippen LogP contribution in [0, 0.1) is 13.8 Å². The number of amides is 1. The van der Waals surface area contributed by atoms with Crippen molar-refractivity contribution in [3.05, 3.63) is 89.5 Å². The number of nitrogens with zero attached hydrogens (tertiary/aromatic N) is 4. The van der Waals surface area contributed by atoms with E-state index in [1.54, 1.807) is 12.3 Å². The van der Waals surface area contributed by atoms with E-state index in [0.29, 0.717) is 32.0 Å². The maximum absolute atomic E-state index is 13.1. The second-order valence-electron chi connectivity index (χ2n) is 9.30. The van der Waals surface area contributed by atoms with Gasteiger partial charge in [0.1, 0.15) is 11.5 Å². The normalized spacial score (nSPS) is 13.8. The van der Waals surface area contributed by atoms with Crippen LogP contribution < -0.4 is 10.2 Å². The number of hydrogen-bond donors (Lipinski definition) is 1. The fourth-order valence-corrected chi connectivity index (χ4v) is 4.42. The van der Waals surface area contributed by atoms with Crippen LogP contribution in [0.25, 0.3) is 22.4 Å². The molecule has 0 saturated carbocycles. The number of rotatable bonds is 5. The van der Waals surface area contributed by atoms with Gasteiger partial charge in [0.2, 0.25) is 0 Å². The van der Waals surface area contributed by atoms with Crippen LogP contribution in [0.4, 0.5) is 24.7 Å². The largest absolute Gasteiger partial charge is 0.433 e. The smallest absolute Gasteiger partial charge is 0.378 e. The summed E-state index contributed by atoms with van der Waals surface area (Å²) in [4.78, 5) is 27.5. The highest BCUT2D eigenvalue weighted by molar-refractivity contribution is 6.04. The molecule has 200 valence electrons. The number of morpholine rings is 1. The monoisotopic (exact) mass is 533 g/mol. The van der Waals surface area contributed by atoms with Gasteiger partial charge in [0, 0.05) is 48.0 Å². The summed E-state index contributed by atoms with van der Waals surface area (Å²) in [6.07, 6.45) is -1.92. The average molecular weight is 534 g/mol. The Bertz CT molecular complexity index is 1520. The average Bonchev–Trinajstić information content (AvgIpc) is 2.94. The molecule has 3 aromatic heterocycles. The molecule has 4 heterocycles. The summed E-state index contributed by atoms with van der Waals surface area (Å²) in [7, 11) is 0. The first-order valence-electron chi connectivity index (χ1n) is 12.4. The van der Waals surface area contributed by atoms with Crippen molar-refractivity contribution in [1.29, 1.82) is 0 Å². The van der Waals surface area contributed by atoms with Gasteiger partial charge in [0.15, 0.2) is 0 Å². The standard InChI is InChI=1S/C29H26F3N5O2/c1-18-3-4-23(35-28(38)21-6-8-34-26(15-21)29(30,31)32)17-24(18)22-14-25(20-5-7-33-19(2)13-20)36-27(16-22)37-9-11-39-12-10-37/h3-8,13-17H,9-12H2,1-2H3,(H,35,38). The molecule has 0 bridgehead atoms. The number of anilines is 2. The molecule has 1 aliphatic rings. The first kappa shape index (κ1) is 26.3. The molecule has 0 aliphatic carbocycles. The lowest BCUT2D eigenvalue weighted by atomic mass is 9.98. The summed E-state index contributed by atoms with van der Waals surface area (Å²) < 4.78 is 44.7. The number of carbonyl (C=O) groups excluding carboxylic acids is 1. The van der Waals surface area contributed by atoms with Gasteiger partial charge in [-0.2, -0.15) is 13.2 Å². The van der Waals surface area contributed by atoms with Crippen LogP contribution in [0.5, 0.6) is 0 Å². The van der Waals surface area contributed by atoms with Crippen LogP contribution in [0.15, 0.2) is 67.0 Å². The third kappa shape index (κ3) is 6.06. The Balaban J connectivity index is 1.51. The Morgan fingerprint density at radius 1 is 0.923 bits per heavy atom. The van der Waals surface area contributed by atoms with E-state index in [9.17, 15) is 18.0 Å². The van der Waals surface area contributed by atoms with E-state index < -0.39 is 17.8 Å². The molecule has 0 unspecified atom stereocenters. The zero-order valence-corrected chi connectivity index (χ0v) is 21.4. The van der Waals surface area contributed by atoms with E-state index in [2.05, 4.69) is 20.2 Å². The Morgan fingerprint density at radius 3 is 2.44 bits per heavy atom. The van der Waals surface area contributed by atoms with Crippen LogP contribution in [0.1, 0.15) is 27.3 Å². The number of aryl methyl sites for hydroxylation is 2. The van der Waals surface area contributed by atoms with Gasteiger partial charge in [-0.05, 0) is 79.1 Å². The molecule has 5 rings (SSSR count). The third-order valence-electron chi connectivity index (χ3n) is 6.46. The van der Waals surface area contributed by atoms with Crippen molar-refractivity contribution < 1.29 is 22.7 Å². The maximum Gasteiger partial charge on any atom is 0.433 e. The Hall–Kier alpha value is -4.31. The maximum atomic E-state index is 13.1. The van der Waals surface area contributed by atoms with E-state index in [1.165, 1.54) is 6.07 Å². The van der Waals surface area contributed by atoms with Crippen molar-refractivity contribution in [2.45, 2.75) is 20.0 Å². The van der Waals surface area contributed by atoms with Crippen molar-refractivity contribution in [2.24, 2.45) is 0 Å². The van der Waals surface area contributed by atoms with Crippen molar-refractivity contribution >= 4 is 17.4 Å². The van der Waals surface area contributed by atoms with E-state index in [4.69, 9.17) is 9.72 Å². The lowest BCUT2D eigenvalue weighted by Gasteiger charge is -2.28. The molecule has 1 N–H and O–H groups in total. The van der Waals surface area contributed by atoms with Gasteiger partial charge in [-0.15, -0.1) is 0 Å². The predicted molar refractivity (Wildman–Crippen MR) is 143 cm³/mol. The summed E-state index contributed by atoms with van der Waals surface area (Å²) in [6.45, 7) is 6.54. The van der Waals surface area contributed by atoms with Gasteiger partial charge < -0.3 is 15.0 Å². The minimum absolute atomic E-state index is 0.131. The molecule has 1 aromatic carbocycles. The minimum Gasteiger partial charge on any atom is -0.378 e. The summed E-state index contributed by atoms with van der Waals surface area (Å²) >= 11 is 0. The van der Waals surface area contributed by atoms with Gasteiger partial charge in [0.25, 0.3) is 5.91 Å². The third-order valence-corrected chi connectivity index (χ3v) is 6.46. The highest BCUT2D eigenvalue weighted by Crippen LogP contribution is 2.33. The van der Waals surface area contributed by atoms with Crippen LogP contribution in [-0.4, -0.2) is 47.2 Å². The summed E-state index contributed by atoms with van der Waals surface area (Å²) in [5.74, 6) is 0.153. The van der Waals surface area contributed by atoms with E-state index in [1.807, 2.05) is 50.2 Å². The summed E-state index contributed by atoms with van der Waals surface area (Å²) in [6, 6.07) is 15.3. The van der Waals surface area contributed by atoms with Crippen molar-refractivity contribution in [3.63, 3.8) is 0 Å². The van der Waals surface area contributed by atoms with Crippen molar-refractivity contribution in [2.75, 3.05) is 36.5 Å². The molecule has 1 amide bonds. The molecule has 0 radical (unpaired) electrons. The Morgan fingerprint density at radius 2 is 1.69 bits per heavy atom. The molecule has 0 spiro atoms. The Labute approximate surface area is 223 Å². The summed E-state index contributed by atoms with van der Waals surface area (Å²) in [5, 5.41) is 2.72. The molecule has 1 saturated heterocycles. The number of ether oxygens (including phenoxy) is 1.